The van der Waals surface area contributed by atoms with Gasteiger partial charge in [-0.15, -0.1) is 11.3 Å². The SMILES string of the molecule is O=C(c1sc2ccccc2c1Cl)N1CCCCO1. The van der Waals surface area contributed by atoms with Gasteiger partial charge in [-0.05, 0) is 18.9 Å². The lowest BCUT2D eigenvalue weighted by atomic mass is 10.2. The highest BCUT2D eigenvalue weighted by atomic mass is 35.5. The van der Waals surface area contributed by atoms with Gasteiger partial charge >= 0.3 is 0 Å². The molecule has 0 radical (unpaired) electrons. The van der Waals surface area contributed by atoms with Crippen LogP contribution in [0, 0.1) is 0 Å². The van der Waals surface area contributed by atoms with E-state index in [1.54, 1.807) is 0 Å². The summed E-state index contributed by atoms with van der Waals surface area (Å²) in [5, 5.41) is 2.90. The number of fused-ring (bicyclic) bond motifs is 1. The fraction of sp³-hybridized carbons (Fsp3) is 0.308. The molecule has 0 bridgehead atoms. The fourth-order valence-corrected chi connectivity index (χ4v) is 3.47. The Balaban J connectivity index is 1.98. The van der Waals surface area contributed by atoms with Crippen LogP contribution in [0.1, 0.15) is 22.5 Å². The standard InChI is InChI=1S/C13H12ClNO2S/c14-11-9-5-1-2-6-10(9)18-12(11)13(16)15-7-3-4-8-17-15/h1-2,5-6H,3-4,7-8H2. The molecule has 0 saturated carbocycles. The lowest BCUT2D eigenvalue weighted by molar-refractivity contribution is -0.143. The zero-order valence-corrected chi connectivity index (χ0v) is 11.3. The highest BCUT2D eigenvalue weighted by molar-refractivity contribution is 7.21. The van der Waals surface area contributed by atoms with Crippen LogP contribution in [0.3, 0.4) is 0 Å². The topological polar surface area (TPSA) is 29.5 Å². The molecule has 3 nitrogen and oxygen atoms in total. The molecule has 0 aliphatic carbocycles. The van der Waals surface area contributed by atoms with E-state index in [0.717, 1.165) is 22.9 Å². The predicted molar refractivity (Wildman–Crippen MR) is 73.1 cm³/mol. The number of hydrogen-bond acceptors (Lipinski definition) is 3. The molecular weight excluding hydrogens is 270 g/mol. The average molecular weight is 282 g/mol. The minimum absolute atomic E-state index is 0.124. The molecule has 1 aromatic heterocycles. The maximum Gasteiger partial charge on any atom is 0.289 e. The molecule has 0 N–H and O–H groups in total. The summed E-state index contributed by atoms with van der Waals surface area (Å²) in [6.07, 6.45) is 1.98. The lowest BCUT2D eigenvalue weighted by Gasteiger charge is -2.25. The van der Waals surface area contributed by atoms with Crippen LogP contribution in [-0.4, -0.2) is 24.1 Å². The van der Waals surface area contributed by atoms with Crippen LogP contribution >= 0.6 is 22.9 Å². The number of carbonyl (C=O) groups is 1. The van der Waals surface area contributed by atoms with Crippen molar-refractivity contribution in [3.05, 3.63) is 34.2 Å². The first-order valence-electron chi connectivity index (χ1n) is 5.89. The molecule has 1 aliphatic heterocycles. The summed E-state index contributed by atoms with van der Waals surface area (Å²) >= 11 is 7.70. The second-order valence-corrected chi connectivity index (χ2v) is 5.62. The monoisotopic (exact) mass is 281 g/mol. The number of hydroxylamine groups is 2. The lowest BCUT2D eigenvalue weighted by Crippen LogP contribution is -2.35. The molecule has 1 aliphatic rings. The summed E-state index contributed by atoms with van der Waals surface area (Å²) in [6, 6.07) is 7.77. The van der Waals surface area contributed by atoms with Gasteiger partial charge in [0.25, 0.3) is 5.91 Å². The van der Waals surface area contributed by atoms with Crippen molar-refractivity contribution >= 4 is 38.9 Å². The van der Waals surface area contributed by atoms with Gasteiger partial charge in [-0.1, -0.05) is 29.8 Å². The number of carbonyl (C=O) groups excluding carboxylic acids is 1. The van der Waals surface area contributed by atoms with Crippen LogP contribution in [0.25, 0.3) is 10.1 Å². The van der Waals surface area contributed by atoms with E-state index >= 15 is 0 Å². The Bertz CT molecular complexity index is 590. The minimum atomic E-state index is -0.124. The van der Waals surface area contributed by atoms with Crippen molar-refractivity contribution in [1.29, 1.82) is 0 Å². The zero-order valence-electron chi connectivity index (χ0n) is 9.69. The van der Waals surface area contributed by atoms with E-state index in [0.29, 0.717) is 23.1 Å². The summed E-state index contributed by atoms with van der Waals surface area (Å²) in [6.45, 7) is 1.25. The van der Waals surface area contributed by atoms with Crippen molar-refractivity contribution in [2.24, 2.45) is 0 Å². The van der Waals surface area contributed by atoms with Gasteiger partial charge in [0.1, 0.15) is 4.88 Å². The fourth-order valence-electron chi connectivity index (χ4n) is 2.02. The van der Waals surface area contributed by atoms with Gasteiger partial charge in [-0.2, -0.15) is 0 Å². The maximum atomic E-state index is 12.3. The number of halogens is 1. The van der Waals surface area contributed by atoms with Crippen molar-refractivity contribution in [2.45, 2.75) is 12.8 Å². The van der Waals surface area contributed by atoms with Crippen LogP contribution in [0.15, 0.2) is 24.3 Å². The quantitative estimate of drug-likeness (QED) is 0.797. The highest BCUT2D eigenvalue weighted by Crippen LogP contribution is 2.36. The summed E-state index contributed by atoms with van der Waals surface area (Å²) in [5.74, 6) is -0.124. The van der Waals surface area contributed by atoms with E-state index in [1.807, 2.05) is 24.3 Å². The molecule has 2 heterocycles. The third-order valence-corrected chi connectivity index (χ3v) is 4.62. The van der Waals surface area contributed by atoms with Crippen LogP contribution in [0.2, 0.25) is 5.02 Å². The molecule has 2 aromatic rings. The molecule has 94 valence electrons. The van der Waals surface area contributed by atoms with E-state index in [1.165, 1.54) is 16.4 Å². The van der Waals surface area contributed by atoms with E-state index < -0.39 is 0 Å². The molecule has 5 heteroatoms. The molecular formula is C13H12ClNO2S. The van der Waals surface area contributed by atoms with Gasteiger partial charge in [0.15, 0.2) is 0 Å². The third-order valence-electron chi connectivity index (χ3n) is 2.96. The minimum Gasteiger partial charge on any atom is -0.271 e. The van der Waals surface area contributed by atoms with Crippen molar-refractivity contribution < 1.29 is 9.63 Å². The molecule has 1 amide bonds. The second kappa shape index (κ2) is 4.88. The number of rotatable bonds is 1. The van der Waals surface area contributed by atoms with Crippen LogP contribution < -0.4 is 0 Å². The van der Waals surface area contributed by atoms with Gasteiger partial charge in [0.2, 0.25) is 0 Å². The maximum absolute atomic E-state index is 12.3. The van der Waals surface area contributed by atoms with Crippen LogP contribution in [0.5, 0.6) is 0 Å². The second-order valence-electron chi connectivity index (χ2n) is 4.19. The first kappa shape index (κ1) is 12.0. The summed E-state index contributed by atoms with van der Waals surface area (Å²) in [7, 11) is 0. The Kier molecular flexibility index (Phi) is 3.24. The number of thiophene rings is 1. The Morgan fingerprint density at radius 3 is 2.89 bits per heavy atom. The molecule has 1 aromatic carbocycles. The molecule has 0 spiro atoms. The van der Waals surface area contributed by atoms with E-state index in [9.17, 15) is 4.79 Å². The Labute approximate surface area is 114 Å². The van der Waals surface area contributed by atoms with Gasteiger partial charge in [-0.25, -0.2) is 5.06 Å². The molecule has 1 saturated heterocycles. The van der Waals surface area contributed by atoms with Crippen molar-refractivity contribution in [2.75, 3.05) is 13.2 Å². The number of hydrogen-bond donors (Lipinski definition) is 0. The van der Waals surface area contributed by atoms with E-state index in [4.69, 9.17) is 16.4 Å². The summed E-state index contributed by atoms with van der Waals surface area (Å²) in [5.41, 5.74) is 0. The molecule has 18 heavy (non-hydrogen) atoms. The van der Waals surface area contributed by atoms with E-state index in [-0.39, 0.29) is 5.91 Å². The third kappa shape index (κ3) is 2.00. The van der Waals surface area contributed by atoms with E-state index in [2.05, 4.69) is 0 Å². The zero-order chi connectivity index (χ0) is 12.5. The predicted octanol–water partition coefficient (Wildman–Crippen LogP) is 3.72. The molecule has 1 fully saturated rings. The Hall–Kier alpha value is -1.10. The van der Waals surface area contributed by atoms with Crippen molar-refractivity contribution in [3.8, 4) is 0 Å². The highest BCUT2D eigenvalue weighted by Gasteiger charge is 2.24. The first-order valence-corrected chi connectivity index (χ1v) is 7.08. The number of nitrogens with zero attached hydrogens (tertiary/aromatic N) is 1. The van der Waals surface area contributed by atoms with Gasteiger partial charge in [0.05, 0.1) is 11.6 Å². The van der Waals surface area contributed by atoms with Gasteiger partial charge in [0, 0.05) is 16.6 Å². The molecule has 0 unspecified atom stereocenters. The van der Waals surface area contributed by atoms with Crippen LogP contribution in [-0.2, 0) is 4.84 Å². The molecule has 0 atom stereocenters. The van der Waals surface area contributed by atoms with Crippen molar-refractivity contribution in [1.82, 2.24) is 5.06 Å². The number of benzene rings is 1. The molecule has 3 rings (SSSR count). The van der Waals surface area contributed by atoms with Gasteiger partial charge < -0.3 is 0 Å². The summed E-state index contributed by atoms with van der Waals surface area (Å²) in [4.78, 5) is 18.3. The van der Waals surface area contributed by atoms with Gasteiger partial charge in [-0.3, -0.25) is 9.63 Å². The van der Waals surface area contributed by atoms with Crippen LogP contribution in [0.4, 0.5) is 0 Å². The van der Waals surface area contributed by atoms with Crippen molar-refractivity contribution in [3.63, 3.8) is 0 Å². The average Bonchev–Trinajstić information content (AvgIpc) is 2.77. The number of amides is 1. The Morgan fingerprint density at radius 2 is 2.17 bits per heavy atom. The normalized spacial score (nSPS) is 16.2. The largest absolute Gasteiger partial charge is 0.289 e. The first-order chi connectivity index (χ1) is 8.77. The summed E-state index contributed by atoms with van der Waals surface area (Å²) < 4.78 is 1.03. The Morgan fingerprint density at radius 1 is 1.33 bits per heavy atom. The smallest absolute Gasteiger partial charge is 0.271 e.